The van der Waals surface area contributed by atoms with Crippen molar-refractivity contribution in [2.75, 3.05) is 12.1 Å². The Balaban J connectivity index is 1.58. The number of halogens is 3. The Hall–Kier alpha value is -3.23. The molecule has 6 nitrogen and oxygen atoms in total. The Kier molecular flexibility index (Phi) is 4.46. The van der Waals surface area contributed by atoms with Crippen LogP contribution in [0.2, 0.25) is 0 Å². The number of hydrogen-bond acceptors (Lipinski definition) is 5. The molecule has 0 atom stereocenters. The predicted molar refractivity (Wildman–Crippen MR) is 81.7 cm³/mol. The highest BCUT2D eigenvalue weighted by atomic mass is 19.4. The van der Waals surface area contributed by atoms with Crippen LogP contribution in [0.4, 0.5) is 23.7 Å². The van der Waals surface area contributed by atoms with Crippen molar-refractivity contribution < 1.29 is 32.3 Å². The SMILES string of the molecule is O=C(Nc1cccc(C(F)(F)F)c1)ON=Cc1ccc2c(c1)OCO2. The number of rotatable bonds is 3. The minimum absolute atomic E-state index is 0.0573. The van der Waals surface area contributed by atoms with Crippen molar-refractivity contribution in [3.63, 3.8) is 0 Å². The molecule has 0 radical (unpaired) electrons. The molecule has 3 rings (SSSR count). The van der Waals surface area contributed by atoms with Crippen LogP contribution in [0.25, 0.3) is 0 Å². The first-order valence-electron chi connectivity index (χ1n) is 7.00. The summed E-state index contributed by atoms with van der Waals surface area (Å²) >= 11 is 0. The van der Waals surface area contributed by atoms with E-state index in [4.69, 9.17) is 9.47 Å². The van der Waals surface area contributed by atoms with Crippen molar-refractivity contribution >= 4 is 18.0 Å². The molecule has 1 N–H and O–H groups in total. The summed E-state index contributed by atoms with van der Waals surface area (Å²) in [6, 6.07) is 9.15. The van der Waals surface area contributed by atoms with Crippen molar-refractivity contribution in [1.29, 1.82) is 0 Å². The summed E-state index contributed by atoms with van der Waals surface area (Å²) < 4.78 is 48.2. The van der Waals surface area contributed by atoms with Gasteiger partial charge >= 0.3 is 12.3 Å². The minimum atomic E-state index is -4.50. The number of benzene rings is 2. The summed E-state index contributed by atoms with van der Waals surface area (Å²) in [4.78, 5) is 16.1. The molecule has 1 amide bonds. The van der Waals surface area contributed by atoms with Crippen molar-refractivity contribution in [2.24, 2.45) is 5.16 Å². The van der Waals surface area contributed by atoms with E-state index in [0.29, 0.717) is 17.1 Å². The summed E-state index contributed by atoms with van der Waals surface area (Å²) in [6.07, 6.45) is -4.26. The molecular formula is C16H11F3N2O4. The monoisotopic (exact) mass is 352 g/mol. The largest absolute Gasteiger partial charge is 0.454 e. The van der Waals surface area contributed by atoms with Gasteiger partial charge in [-0.15, -0.1) is 0 Å². The van der Waals surface area contributed by atoms with Gasteiger partial charge in [0.05, 0.1) is 11.8 Å². The van der Waals surface area contributed by atoms with Crippen LogP contribution in [0, 0.1) is 0 Å². The fourth-order valence-electron chi connectivity index (χ4n) is 2.04. The van der Waals surface area contributed by atoms with Gasteiger partial charge in [0.1, 0.15) is 0 Å². The first-order valence-corrected chi connectivity index (χ1v) is 7.00. The van der Waals surface area contributed by atoms with E-state index in [-0.39, 0.29) is 12.5 Å². The van der Waals surface area contributed by atoms with Gasteiger partial charge in [0.25, 0.3) is 0 Å². The van der Waals surface area contributed by atoms with Crippen LogP contribution in [0.5, 0.6) is 11.5 Å². The van der Waals surface area contributed by atoms with Crippen LogP contribution in [0.3, 0.4) is 0 Å². The third kappa shape index (κ3) is 4.19. The summed E-state index contributed by atoms with van der Waals surface area (Å²) in [6.45, 7) is 0.131. The van der Waals surface area contributed by atoms with Crippen LogP contribution in [0.1, 0.15) is 11.1 Å². The molecule has 25 heavy (non-hydrogen) atoms. The molecule has 9 heteroatoms. The fourth-order valence-corrected chi connectivity index (χ4v) is 2.04. The molecule has 0 saturated heterocycles. The van der Waals surface area contributed by atoms with Gasteiger partial charge in [-0.25, -0.2) is 4.79 Å². The normalized spacial score (nSPS) is 13.1. The highest BCUT2D eigenvalue weighted by Crippen LogP contribution is 2.32. The van der Waals surface area contributed by atoms with E-state index in [1.54, 1.807) is 18.2 Å². The van der Waals surface area contributed by atoms with E-state index in [2.05, 4.69) is 15.3 Å². The van der Waals surface area contributed by atoms with E-state index < -0.39 is 17.8 Å². The molecule has 2 aromatic rings. The van der Waals surface area contributed by atoms with Gasteiger partial charge in [-0.1, -0.05) is 11.2 Å². The molecular weight excluding hydrogens is 341 g/mol. The van der Waals surface area contributed by atoms with Crippen LogP contribution < -0.4 is 14.8 Å². The van der Waals surface area contributed by atoms with Crippen molar-refractivity contribution in [2.45, 2.75) is 6.18 Å². The Bertz CT molecular complexity index is 821. The maximum Gasteiger partial charge on any atom is 0.437 e. The quantitative estimate of drug-likeness (QED) is 0.515. The Morgan fingerprint density at radius 3 is 2.76 bits per heavy atom. The van der Waals surface area contributed by atoms with E-state index in [0.717, 1.165) is 12.1 Å². The third-order valence-electron chi connectivity index (χ3n) is 3.17. The molecule has 2 aromatic carbocycles. The summed E-state index contributed by atoms with van der Waals surface area (Å²) in [5, 5.41) is 5.64. The van der Waals surface area contributed by atoms with Gasteiger partial charge in [-0.05, 0) is 36.4 Å². The van der Waals surface area contributed by atoms with Crippen molar-refractivity contribution in [3.05, 3.63) is 53.6 Å². The zero-order chi connectivity index (χ0) is 17.9. The number of amides is 1. The van der Waals surface area contributed by atoms with E-state index in [1.807, 2.05) is 0 Å². The van der Waals surface area contributed by atoms with E-state index in [9.17, 15) is 18.0 Å². The number of anilines is 1. The number of hydrogen-bond donors (Lipinski definition) is 1. The maximum atomic E-state index is 12.6. The van der Waals surface area contributed by atoms with E-state index >= 15 is 0 Å². The zero-order valence-corrected chi connectivity index (χ0v) is 12.5. The predicted octanol–water partition coefficient (Wildman–Crippen LogP) is 4.02. The van der Waals surface area contributed by atoms with Crippen molar-refractivity contribution in [3.8, 4) is 11.5 Å². The second-order valence-corrected chi connectivity index (χ2v) is 4.93. The van der Waals surface area contributed by atoms with Gasteiger partial charge in [-0.2, -0.15) is 13.2 Å². The number of alkyl halides is 3. The van der Waals surface area contributed by atoms with Gasteiger partial charge in [0, 0.05) is 11.3 Å². The van der Waals surface area contributed by atoms with E-state index in [1.165, 1.54) is 18.3 Å². The Labute approximate surface area is 139 Å². The van der Waals surface area contributed by atoms with Crippen LogP contribution in [0.15, 0.2) is 47.6 Å². The van der Waals surface area contributed by atoms with Crippen LogP contribution in [-0.2, 0) is 11.0 Å². The molecule has 1 aliphatic heterocycles. The number of ether oxygens (including phenoxy) is 2. The molecule has 130 valence electrons. The van der Waals surface area contributed by atoms with Crippen LogP contribution >= 0.6 is 0 Å². The lowest BCUT2D eigenvalue weighted by Crippen LogP contribution is -2.12. The number of oxime groups is 1. The lowest BCUT2D eigenvalue weighted by molar-refractivity contribution is -0.137. The summed E-state index contributed by atoms with van der Waals surface area (Å²) in [5.74, 6) is 1.14. The highest BCUT2D eigenvalue weighted by Gasteiger charge is 2.30. The smallest absolute Gasteiger partial charge is 0.437 e. The number of fused-ring (bicyclic) bond motifs is 1. The first kappa shape index (κ1) is 16.6. The van der Waals surface area contributed by atoms with Gasteiger partial charge in [0.15, 0.2) is 11.5 Å². The Morgan fingerprint density at radius 2 is 1.96 bits per heavy atom. The lowest BCUT2D eigenvalue weighted by Gasteiger charge is -2.08. The zero-order valence-electron chi connectivity index (χ0n) is 12.5. The maximum absolute atomic E-state index is 12.6. The molecule has 0 bridgehead atoms. The fraction of sp³-hybridized carbons (Fsp3) is 0.125. The van der Waals surface area contributed by atoms with Gasteiger partial charge in [-0.3, -0.25) is 10.2 Å². The number of carbonyl (C=O) groups excluding carboxylic acids is 1. The highest BCUT2D eigenvalue weighted by molar-refractivity contribution is 5.86. The topological polar surface area (TPSA) is 69.2 Å². The molecule has 1 heterocycles. The second-order valence-electron chi connectivity index (χ2n) is 4.93. The van der Waals surface area contributed by atoms with Crippen molar-refractivity contribution in [1.82, 2.24) is 0 Å². The standard InChI is InChI=1S/C16H11F3N2O4/c17-16(18,19)11-2-1-3-12(7-11)21-15(22)25-20-8-10-4-5-13-14(6-10)24-9-23-13/h1-8H,9H2,(H,21,22). The summed E-state index contributed by atoms with van der Waals surface area (Å²) in [5.41, 5.74) is -0.344. The second kappa shape index (κ2) is 6.71. The average molecular weight is 352 g/mol. The van der Waals surface area contributed by atoms with Gasteiger partial charge < -0.3 is 9.47 Å². The molecule has 0 unspecified atom stereocenters. The molecule has 0 saturated carbocycles. The number of carbonyl (C=O) groups is 1. The summed E-state index contributed by atoms with van der Waals surface area (Å²) in [7, 11) is 0. The molecule has 0 spiro atoms. The number of nitrogens with zero attached hydrogens (tertiary/aromatic N) is 1. The molecule has 0 aliphatic carbocycles. The third-order valence-corrected chi connectivity index (χ3v) is 3.17. The minimum Gasteiger partial charge on any atom is -0.454 e. The molecule has 0 fully saturated rings. The lowest BCUT2D eigenvalue weighted by atomic mass is 10.2. The Morgan fingerprint density at radius 1 is 1.16 bits per heavy atom. The molecule has 0 aromatic heterocycles. The number of nitrogens with one attached hydrogen (secondary N) is 1. The molecule has 1 aliphatic rings. The first-order chi connectivity index (χ1) is 11.9. The average Bonchev–Trinajstić information content (AvgIpc) is 3.02. The van der Waals surface area contributed by atoms with Crippen LogP contribution in [-0.4, -0.2) is 19.1 Å². The van der Waals surface area contributed by atoms with Gasteiger partial charge in [0.2, 0.25) is 6.79 Å².